The van der Waals surface area contributed by atoms with Crippen molar-refractivity contribution in [2.24, 2.45) is 0 Å². The first-order valence-corrected chi connectivity index (χ1v) is 30.3. The number of amides is 2. The molecule has 0 saturated carbocycles. The van der Waals surface area contributed by atoms with Crippen LogP contribution in [0.25, 0.3) is 33.1 Å². The average molecular weight is 1240 g/mol. The number of aromatic nitrogens is 6. The molecule has 3 aromatic heterocycles. The molecule has 22 heteroatoms. The Bertz CT molecular complexity index is 3710. The van der Waals surface area contributed by atoms with Gasteiger partial charge >= 0.3 is 24.2 Å². The van der Waals surface area contributed by atoms with Gasteiger partial charge in [-0.3, -0.25) is 39.5 Å². The lowest BCUT2D eigenvalue weighted by molar-refractivity contribution is -0.186. The predicted molar refractivity (Wildman–Crippen MR) is 336 cm³/mol. The van der Waals surface area contributed by atoms with Gasteiger partial charge in [-0.05, 0) is 184 Å². The lowest BCUT2D eigenvalue weighted by atomic mass is 9.95. The van der Waals surface area contributed by atoms with Crippen LogP contribution in [0.4, 0.5) is 37.7 Å². The maximum Gasteiger partial charge on any atom is 0.471 e. The van der Waals surface area contributed by atoms with E-state index >= 15 is 0 Å². The molecular weight excluding hydrogens is 1160 g/mol. The molecule has 16 nitrogen and oxygen atoms in total. The molecule has 0 spiro atoms. The van der Waals surface area contributed by atoms with E-state index in [2.05, 4.69) is 82.3 Å². The van der Waals surface area contributed by atoms with Crippen molar-refractivity contribution in [3.8, 4) is 0 Å². The van der Waals surface area contributed by atoms with Gasteiger partial charge in [0.15, 0.2) is 0 Å². The van der Waals surface area contributed by atoms with Crippen molar-refractivity contribution in [2.75, 3.05) is 84.0 Å². The molecule has 8 N–H and O–H groups in total. The van der Waals surface area contributed by atoms with Crippen LogP contribution in [0.3, 0.4) is 0 Å². The van der Waals surface area contributed by atoms with Crippen LogP contribution in [-0.2, 0) is 9.59 Å². The molecule has 474 valence electrons. The van der Waals surface area contributed by atoms with E-state index in [0.717, 1.165) is 142 Å². The summed E-state index contributed by atoms with van der Waals surface area (Å²) in [5.74, 6) is 0.646. The Labute approximate surface area is 519 Å². The minimum absolute atomic E-state index is 0. The molecule has 5 fully saturated rings. The quantitative estimate of drug-likeness (QED) is 0.0614. The zero-order valence-corrected chi connectivity index (χ0v) is 48.5. The summed E-state index contributed by atoms with van der Waals surface area (Å²) in [6, 6.07) is 24.6. The van der Waals surface area contributed by atoms with Crippen molar-refractivity contribution in [3.63, 3.8) is 0 Å². The first-order valence-electron chi connectivity index (χ1n) is 30.3. The highest BCUT2D eigenvalue weighted by Crippen LogP contribution is 2.50. The number of carbonyl (C=O) groups excluding carboxylic acids is 2. The maximum absolute atomic E-state index is 12.7. The minimum atomic E-state index is -4.81. The molecule has 10 unspecified atom stereocenters. The summed E-state index contributed by atoms with van der Waals surface area (Å²) in [4.78, 5) is 50.7. The summed E-state index contributed by atoms with van der Waals surface area (Å²) in [5.41, 5.74) is 31.7. The molecule has 5 saturated heterocycles. The highest BCUT2D eigenvalue weighted by molar-refractivity contribution is 5.84. The van der Waals surface area contributed by atoms with Crippen molar-refractivity contribution in [1.29, 1.82) is 0 Å². The van der Waals surface area contributed by atoms with Crippen LogP contribution >= 0.6 is 0 Å². The van der Waals surface area contributed by atoms with Crippen LogP contribution in [-0.4, -0.2) is 142 Å². The van der Waals surface area contributed by atoms with Crippen molar-refractivity contribution in [2.45, 2.75) is 118 Å². The second kappa shape index (κ2) is 25.8. The maximum atomic E-state index is 12.7. The van der Waals surface area contributed by atoms with E-state index in [1.54, 1.807) is 43.2 Å². The summed E-state index contributed by atoms with van der Waals surface area (Å²) >= 11 is 0. The Balaban J connectivity index is 0.000000115. The van der Waals surface area contributed by atoms with E-state index < -0.39 is 24.2 Å². The van der Waals surface area contributed by atoms with Gasteiger partial charge in [-0.1, -0.05) is 27.0 Å². The van der Waals surface area contributed by atoms with Gasteiger partial charge in [-0.25, -0.2) is 0 Å². The van der Waals surface area contributed by atoms with E-state index in [0.29, 0.717) is 29.4 Å². The van der Waals surface area contributed by atoms with E-state index in [-0.39, 0.29) is 64.7 Å². The summed E-state index contributed by atoms with van der Waals surface area (Å²) in [6.45, 7) is 7.27. The zero-order valence-electron chi connectivity index (χ0n) is 48.5. The monoisotopic (exact) mass is 1240 g/mol. The van der Waals surface area contributed by atoms with Crippen molar-refractivity contribution >= 4 is 56.3 Å². The highest BCUT2D eigenvalue weighted by atomic mass is 19.4. The van der Waals surface area contributed by atoms with Crippen LogP contribution in [0, 0.1) is 0 Å². The normalized spacial score (nSPS) is 25.2. The predicted octanol–water partition coefficient (Wildman–Crippen LogP) is 10.8. The number of aliphatic hydroxyl groups excluding tert-OH is 1. The number of rotatable bonds is 0. The Morgan fingerprint density at radius 2 is 0.589 bits per heavy atom. The first-order chi connectivity index (χ1) is 42.5. The van der Waals surface area contributed by atoms with Crippen LogP contribution in [0.5, 0.6) is 0 Å². The second-order valence-corrected chi connectivity index (χ2v) is 24.9. The van der Waals surface area contributed by atoms with Gasteiger partial charge in [0.1, 0.15) is 0 Å². The number of anilines is 2. The number of alkyl halides is 6. The number of likely N-dealkylation sites (tertiary alicyclic amines) is 2. The van der Waals surface area contributed by atoms with E-state index in [1.807, 2.05) is 30.3 Å². The van der Waals surface area contributed by atoms with Gasteiger partial charge < -0.3 is 42.3 Å². The Morgan fingerprint density at radius 1 is 0.378 bits per heavy atom. The minimum Gasteiger partial charge on any atom is -0.400 e. The van der Waals surface area contributed by atoms with E-state index in [1.165, 1.54) is 52.6 Å². The molecule has 0 radical (unpaired) electrons. The molecule has 5 aliphatic heterocycles. The number of fused-ring (bicyclic) bond motifs is 28. The zero-order chi connectivity index (χ0) is 61.2. The summed E-state index contributed by atoms with van der Waals surface area (Å²) < 4.78 is 75.4. The molecule has 10 aliphatic rings. The number of aliphatic hydroxyl groups is 1. The van der Waals surface area contributed by atoms with E-state index in [4.69, 9.17) is 16.6 Å². The molecule has 8 aromatic rings. The number of nitrogens with two attached hydrogens (primary N) is 2. The number of nitrogens with zero attached hydrogens (tertiary/aromatic N) is 8. The Morgan fingerprint density at radius 3 is 0.867 bits per heavy atom. The number of nitrogens with one attached hydrogen (secondary N) is 3. The van der Waals surface area contributed by atoms with Crippen molar-refractivity contribution in [3.05, 3.63) is 166 Å². The van der Waals surface area contributed by atoms with Gasteiger partial charge in [0.25, 0.3) is 0 Å². The van der Waals surface area contributed by atoms with Gasteiger partial charge in [-0.15, -0.1) is 0 Å². The lowest BCUT2D eigenvalue weighted by Crippen LogP contribution is -2.46. The molecule has 8 heterocycles. The van der Waals surface area contributed by atoms with Gasteiger partial charge in [-0.2, -0.15) is 26.3 Å². The molecule has 5 aromatic carbocycles. The largest absolute Gasteiger partial charge is 0.471 e. The molecule has 18 rings (SSSR count). The van der Waals surface area contributed by atoms with Gasteiger partial charge in [0.05, 0.1) is 33.1 Å². The lowest BCUT2D eigenvalue weighted by Gasteiger charge is -2.32. The van der Waals surface area contributed by atoms with Crippen LogP contribution in [0.15, 0.2) is 110 Å². The van der Waals surface area contributed by atoms with Crippen molar-refractivity contribution < 1.29 is 41.0 Å². The number of nitrogen functional groups attached to an aromatic ring is 2. The van der Waals surface area contributed by atoms with Gasteiger partial charge in [0.2, 0.25) is 0 Å². The summed E-state index contributed by atoms with van der Waals surface area (Å²) in [7, 11) is 1.00. The molecule has 2 amide bonds. The molecule has 90 heavy (non-hydrogen) atoms. The van der Waals surface area contributed by atoms with Gasteiger partial charge in [0, 0.05) is 145 Å². The fourth-order valence-corrected chi connectivity index (χ4v) is 15.9. The Kier molecular flexibility index (Phi) is 18.2. The molecule has 10 bridgehead atoms. The fraction of sp³-hybridized carbons (Fsp3) is 0.441. The number of hydrogen-bond donors (Lipinski definition) is 6. The van der Waals surface area contributed by atoms with Crippen LogP contribution < -0.4 is 27.4 Å². The number of hydrogen-bond acceptors (Lipinski definition) is 14. The van der Waals surface area contributed by atoms with Crippen molar-refractivity contribution in [1.82, 2.24) is 55.7 Å². The van der Waals surface area contributed by atoms with Crippen LogP contribution in [0.2, 0.25) is 0 Å². The number of piperidine rings is 5. The summed E-state index contributed by atoms with van der Waals surface area (Å²) in [6.07, 6.45) is 6.20. The SMILES string of the molecule is C.C.CO.Nc1ccc2c(c1)C1CC2CN(C(=O)C(F)(F)F)C1.Nc1ccc2c(c1)C1CNCC2C1.O=C(N1CC2CC(C1)c1cc3nccnc3cc12)C(F)(F)F.c1cnc2cc3c(cc2n1)C1CNCC3C1.c1cnc2cc3c(cc2n1)C1CNCC3C1. The second-order valence-electron chi connectivity index (χ2n) is 24.9. The third-order valence-electron chi connectivity index (χ3n) is 19.7. The molecule has 5 aliphatic carbocycles. The third kappa shape index (κ3) is 12.4. The molecule has 10 atom stereocenters. The highest BCUT2D eigenvalue weighted by Gasteiger charge is 2.49. The van der Waals surface area contributed by atoms with E-state index in [9.17, 15) is 35.9 Å². The first kappa shape index (κ1) is 63.6. The smallest absolute Gasteiger partial charge is 0.400 e. The fourth-order valence-electron chi connectivity index (χ4n) is 15.9. The summed E-state index contributed by atoms with van der Waals surface area (Å²) in [5, 5.41) is 17.5. The standard InChI is InChI=1S/C15H12F3N3O.C13H13F3N2O.2C13H13N3.C11H14N2.CH4O.2CH4/c16-15(17,18)14(22)21-6-8-3-9(7-21)11-5-13-12(4-10(8)11)19-1-2-20-13;14-13(15,16)12(19)18-5-7-3-8(6-18)11-4-9(17)1-2-10(7)11;2*1-2-16-13-5-11-9-3-8(6-14-7-9)10(11)4-12(13)15-1;12-9-1-2-10-7-3-8(6-13-5-7)11(10)4-9;1-2;;/h1-2,4-5,8-9H,3,6-7H2;1-2,4,7-8H,3,5-6,17H2;2*1-2,4-5,8-9,14H,3,6-7H2;1-2,4,7-8,13H,3,5-6,12H2;2H,1H3;2*1H4. The average Bonchev–Trinajstić information content (AvgIpc) is 1.65. The number of carbonyl (C=O) groups is 2. The number of benzene rings is 5. The topological polar surface area (TPSA) is 226 Å². The number of halogens is 6. The Hall–Kier alpha value is -7.92. The third-order valence-corrected chi connectivity index (χ3v) is 19.7. The van der Waals surface area contributed by atoms with Crippen LogP contribution in [0.1, 0.15) is 162 Å². The molecular formula is C68H77F6N13O3.